The molecular formula is C17H16ClNO5. The fourth-order valence-corrected chi connectivity index (χ4v) is 2.53. The van der Waals surface area contributed by atoms with E-state index in [1.54, 1.807) is 6.08 Å². The van der Waals surface area contributed by atoms with Crippen molar-refractivity contribution in [3.05, 3.63) is 51.4 Å². The highest BCUT2D eigenvalue weighted by Gasteiger charge is 2.25. The van der Waals surface area contributed by atoms with Gasteiger partial charge in [0.05, 0.1) is 17.2 Å². The number of carbonyl (C=O) groups excluding carboxylic acids is 2. The monoisotopic (exact) mass is 349 g/mol. The van der Waals surface area contributed by atoms with E-state index in [9.17, 15) is 19.6 Å². The van der Waals surface area contributed by atoms with Crippen LogP contribution in [0.1, 0.15) is 35.2 Å². The lowest BCUT2D eigenvalue weighted by molar-refractivity contribution is -0.114. The summed E-state index contributed by atoms with van der Waals surface area (Å²) in [4.78, 5) is 35.4. The number of phenols is 1. The van der Waals surface area contributed by atoms with Crippen LogP contribution in [-0.4, -0.2) is 23.5 Å². The molecule has 0 aliphatic carbocycles. The van der Waals surface area contributed by atoms with Crippen molar-refractivity contribution in [2.75, 3.05) is 6.61 Å². The number of cyclic esters (lactones) is 1. The predicted octanol–water partition coefficient (Wildman–Crippen LogP) is 4.01. The third-order valence-corrected chi connectivity index (χ3v) is 3.88. The van der Waals surface area contributed by atoms with E-state index in [0.29, 0.717) is 12.8 Å². The molecular weight excluding hydrogens is 334 g/mol. The molecule has 1 aliphatic rings. The first-order valence-corrected chi connectivity index (χ1v) is 7.81. The van der Waals surface area contributed by atoms with Crippen LogP contribution in [0.2, 0.25) is 5.02 Å². The van der Waals surface area contributed by atoms with Gasteiger partial charge in [-0.2, -0.15) is 0 Å². The number of carbonyl (C=O) groups is 2. The van der Waals surface area contributed by atoms with Crippen molar-refractivity contribution in [1.82, 2.24) is 0 Å². The Bertz CT molecular complexity index is 724. The smallest absolute Gasteiger partial charge is 0.340 e. The van der Waals surface area contributed by atoms with E-state index in [2.05, 4.69) is 5.18 Å². The first-order valence-electron chi connectivity index (χ1n) is 7.43. The summed E-state index contributed by atoms with van der Waals surface area (Å²) in [5, 5.41) is 12.4. The fraction of sp³-hybridized carbons (Fsp3) is 0.294. The zero-order chi connectivity index (χ0) is 17.5. The first kappa shape index (κ1) is 17.9. The van der Waals surface area contributed by atoms with Crippen LogP contribution >= 0.6 is 11.6 Å². The molecule has 0 fully saturated rings. The Morgan fingerprint density at radius 1 is 1.12 bits per heavy atom. The van der Waals surface area contributed by atoms with Gasteiger partial charge in [0.25, 0.3) is 0 Å². The summed E-state index contributed by atoms with van der Waals surface area (Å²) in [6.07, 6.45) is 8.69. The number of allylic oxidation sites excluding steroid dienone is 3. The maximum absolute atomic E-state index is 12.3. The lowest BCUT2D eigenvalue weighted by atomic mass is 9.99. The topological polar surface area (TPSA) is 93.0 Å². The first-order chi connectivity index (χ1) is 11.5. The number of esters is 1. The molecule has 1 aromatic carbocycles. The molecule has 1 heterocycles. The Labute approximate surface area is 143 Å². The normalized spacial score (nSPS) is 18.9. The average molecular weight is 350 g/mol. The van der Waals surface area contributed by atoms with Gasteiger partial charge in [0.1, 0.15) is 11.4 Å². The van der Waals surface area contributed by atoms with Crippen LogP contribution in [0.5, 0.6) is 5.75 Å². The van der Waals surface area contributed by atoms with Gasteiger partial charge in [0.2, 0.25) is 0 Å². The van der Waals surface area contributed by atoms with Gasteiger partial charge in [-0.15, -0.1) is 4.91 Å². The second-order valence-electron chi connectivity index (χ2n) is 5.19. The van der Waals surface area contributed by atoms with Crippen molar-refractivity contribution < 1.29 is 19.4 Å². The summed E-state index contributed by atoms with van der Waals surface area (Å²) in [5.41, 5.74) is -0.453. The molecule has 0 aromatic heterocycles. The third-order valence-electron chi connectivity index (χ3n) is 3.46. The molecule has 0 saturated carbocycles. The minimum Gasteiger partial charge on any atom is -0.506 e. The van der Waals surface area contributed by atoms with Gasteiger partial charge in [0.15, 0.2) is 5.78 Å². The fourth-order valence-electron chi connectivity index (χ4n) is 2.32. The molecule has 1 aromatic rings. The van der Waals surface area contributed by atoms with Crippen LogP contribution in [-0.2, 0) is 16.0 Å². The highest BCUT2D eigenvalue weighted by Crippen LogP contribution is 2.37. The van der Waals surface area contributed by atoms with E-state index >= 15 is 0 Å². The van der Waals surface area contributed by atoms with Gasteiger partial charge in [-0.25, -0.2) is 4.79 Å². The second-order valence-corrected chi connectivity index (χ2v) is 5.57. The Kier molecular flexibility index (Phi) is 6.26. The number of nitrogens with zero attached hydrogens (tertiary/aromatic N) is 1. The lowest BCUT2D eigenvalue weighted by Crippen LogP contribution is -2.12. The van der Waals surface area contributed by atoms with Gasteiger partial charge >= 0.3 is 5.97 Å². The Morgan fingerprint density at radius 2 is 1.83 bits per heavy atom. The minimum atomic E-state index is -0.802. The molecule has 0 bridgehead atoms. The molecule has 0 spiro atoms. The summed E-state index contributed by atoms with van der Waals surface area (Å²) in [6, 6.07) is 0.985. The number of rotatable bonds is 1. The number of ether oxygens (including phenoxy) is 1. The molecule has 0 unspecified atom stereocenters. The molecule has 0 amide bonds. The minimum absolute atomic E-state index is 0.0403. The molecule has 1 aliphatic heterocycles. The summed E-state index contributed by atoms with van der Waals surface area (Å²) in [7, 11) is 0. The Morgan fingerprint density at radius 3 is 2.58 bits per heavy atom. The van der Waals surface area contributed by atoms with Crippen LogP contribution in [0.25, 0.3) is 0 Å². The standard InChI is InChI=1S/C17H16ClNO5/c18-16-12-9-11(20)7-5-3-1-2-4-6-8-24-17(22)15(12)13(19-23)10-14(16)21/h2,4-5,7,10,21H,1,3,6,8-9H2/b4-2+,7-5+. The van der Waals surface area contributed by atoms with E-state index in [1.165, 1.54) is 6.08 Å². The quantitative estimate of drug-likeness (QED) is 0.469. The van der Waals surface area contributed by atoms with Gasteiger partial charge in [-0.3, -0.25) is 4.79 Å². The number of nitroso groups, excluding NO2 is 1. The maximum atomic E-state index is 12.3. The molecule has 1 N–H and O–H groups in total. The van der Waals surface area contributed by atoms with E-state index in [0.717, 1.165) is 12.5 Å². The SMILES string of the molecule is O=Nc1cc(O)c(Cl)c2c1C(=O)OCC/C=C/CC/C=C/C(=O)C2. The van der Waals surface area contributed by atoms with E-state index in [-0.39, 0.29) is 40.6 Å². The zero-order valence-electron chi connectivity index (χ0n) is 12.8. The molecule has 2 rings (SSSR count). The second kappa shape index (κ2) is 8.40. The number of benzene rings is 1. The number of aromatic hydroxyl groups is 1. The highest BCUT2D eigenvalue weighted by molar-refractivity contribution is 6.33. The average Bonchev–Trinajstić information content (AvgIpc) is 2.56. The summed E-state index contributed by atoms with van der Waals surface area (Å²) >= 11 is 6.03. The van der Waals surface area contributed by atoms with Gasteiger partial charge < -0.3 is 9.84 Å². The predicted molar refractivity (Wildman–Crippen MR) is 89.7 cm³/mol. The molecule has 24 heavy (non-hydrogen) atoms. The highest BCUT2D eigenvalue weighted by atomic mass is 35.5. The Hall–Kier alpha value is -2.47. The van der Waals surface area contributed by atoms with Crippen LogP contribution in [0.15, 0.2) is 35.5 Å². The summed E-state index contributed by atoms with van der Waals surface area (Å²) in [6.45, 7) is 0.120. The van der Waals surface area contributed by atoms with Gasteiger partial charge in [-0.05, 0) is 36.1 Å². The number of hydrogen-bond donors (Lipinski definition) is 1. The molecule has 0 saturated heterocycles. The van der Waals surface area contributed by atoms with E-state index < -0.39 is 11.7 Å². The van der Waals surface area contributed by atoms with Crippen LogP contribution in [0.4, 0.5) is 5.69 Å². The van der Waals surface area contributed by atoms with Gasteiger partial charge in [0, 0.05) is 12.5 Å². The van der Waals surface area contributed by atoms with Crippen molar-refractivity contribution in [3.63, 3.8) is 0 Å². The van der Waals surface area contributed by atoms with Crippen LogP contribution in [0, 0.1) is 4.91 Å². The molecule has 6 nitrogen and oxygen atoms in total. The van der Waals surface area contributed by atoms with Crippen LogP contribution < -0.4 is 0 Å². The summed E-state index contributed by atoms with van der Waals surface area (Å²) < 4.78 is 5.13. The molecule has 0 atom stereocenters. The van der Waals surface area contributed by atoms with E-state index in [1.807, 2.05) is 12.2 Å². The van der Waals surface area contributed by atoms with Crippen LogP contribution in [0.3, 0.4) is 0 Å². The molecule has 7 heteroatoms. The maximum Gasteiger partial charge on any atom is 0.340 e. The number of fused-ring (bicyclic) bond motifs is 1. The number of ketones is 1. The van der Waals surface area contributed by atoms with Crippen molar-refractivity contribution in [3.8, 4) is 5.75 Å². The lowest BCUT2D eigenvalue weighted by Gasteiger charge is -2.13. The van der Waals surface area contributed by atoms with Crippen molar-refractivity contribution in [2.24, 2.45) is 5.18 Å². The Balaban J connectivity index is 2.51. The third kappa shape index (κ3) is 4.29. The van der Waals surface area contributed by atoms with E-state index in [4.69, 9.17) is 16.3 Å². The molecule has 0 radical (unpaired) electrons. The largest absolute Gasteiger partial charge is 0.506 e. The van der Waals surface area contributed by atoms with Gasteiger partial charge in [-0.1, -0.05) is 29.8 Å². The molecule has 126 valence electrons. The number of phenolic OH excluding ortho intramolecular Hbond substituents is 1. The van der Waals surface area contributed by atoms with Crippen molar-refractivity contribution in [2.45, 2.75) is 25.7 Å². The van der Waals surface area contributed by atoms with Crippen molar-refractivity contribution in [1.29, 1.82) is 0 Å². The number of halogens is 1. The number of hydrogen-bond acceptors (Lipinski definition) is 6. The van der Waals surface area contributed by atoms with Crippen molar-refractivity contribution >= 4 is 29.0 Å². The summed E-state index contributed by atoms with van der Waals surface area (Å²) in [5.74, 6) is -1.53. The zero-order valence-corrected chi connectivity index (χ0v) is 13.6.